The van der Waals surface area contributed by atoms with Crippen molar-refractivity contribution in [3.63, 3.8) is 0 Å². The number of hydrogen-bond acceptors (Lipinski definition) is 5. The first-order valence-corrected chi connectivity index (χ1v) is 3.39. The summed E-state index contributed by atoms with van der Waals surface area (Å²) in [5.74, 6) is 0. The maximum absolute atomic E-state index is 11.0. The lowest BCUT2D eigenvalue weighted by Gasteiger charge is -1.80. The smallest absolute Gasteiger partial charge is 0.320 e. The molecule has 60 valence electrons. The van der Waals surface area contributed by atoms with Crippen molar-refractivity contribution in [1.82, 2.24) is 9.97 Å². The molecule has 5 nitrogen and oxygen atoms in total. The van der Waals surface area contributed by atoms with Gasteiger partial charge in [0, 0.05) is 6.54 Å². The largest absolute Gasteiger partial charge is 0.325 e. The zero-order valence-electron chi connectivity index (χ0n) is 6.07. The maximum atomic E-state index is 11.0. The van der Waals surface area contributed by atoms with Crippen LogP contribution in [-0.4, -0.2) is 9.97 Å². The summed E-state index contributed by atoms with van der Waals surface area (Å²) in [6.07, 6.45) is 0. The van der Waals surface area contributed by atoms with E-state index < -0.39 is 11.0 Å². The Balaban J connectivity index is 2.80. The van der Waals surface area contributed by atoms with Crippen molar-refractivity contribution in [2.24, 2.45) is 5.73 Å². The van der Waals surface area contributed by atoms with Gasteiger partial charge < -0.3 is 5.73 Å². The zero-order valence-corrected chi connectivity index (χ0v) is 6.07. The van der Waals surface area contributed by atoms with Gasteiger partial charge in [-0.25, -0.2) is 9.97 Å². The molecular weight excluding hydrogens is 158 g/mol. The van der Waals surface area contributed by atoms with Crippen LogP contribution in [0.5, 0.6) is 0 Å². The minimum absolute atomic E-state index is 0.139. The van der Waals surface area contributed by atoms with E-state index in [1.807, 2.05) is 0 Å². The summed E-state index contributed by atoms with van der Waals surface area (Å²) in [4.78, 5) is 29.0. The molecule has 0 aliphatic carbocycles. The quantitative estimate of drug-likeness (QED) is 0.524. The average molecular weight is 163 g/mol. The van der Waals surface area contributed by atoms with Crippen molar-refractivity contribution in [2.45, 2.75) is 6.54 Å². The molecule has 0 amide bonds. The van der Waals surface area contributed by atoms with E-state index >= 15 is 0 Å². The predicted molar refractivity (Wildman–Crippen MR) is 41.5 cm³/mol. The molecule has 12 heavy (non-hydrogen) atoms. The molecule has 2 heterocycles. The molecule has 0 bridgehead atoms. The van der Waals surface area contributed by atoms with E-state index in [0.717, 1.165) is 0 Å². The fourth-order valence-corrected chi connectivity index (χ4v) is 1.08. The van der Waals surface area contributed by atoms with E-state index in [2.05, 4.69) is 9.97 Å². The fraction of sp³-hybridized carbons (Fsp3) is 0.143. The summed E-state index contributed by atoms with van der Waals surface area (Å²) in [6, 6.07) is 1.55. The Labute approximate surface area is 66.9 Å². The molecule has 0 aromatic carbocycles. The highest BCUT2D eigenvalue weighted by molar-refractivity contribution is 5.58. The highest BCUT2D eigenvalue weighted by Crippen LogP contribution is 2.13. The molecule has 0 unspecified atom stereocenters. The first kappa shape index (κ1) is 7.05. The van der Waals surface area contributed by atoms with E-state index in [9.17, 15) is 9.59 Å². The molecule has 0 aromatic heterocycles. The molecule has 2 aliphatic rings. The highest BCUT2D eigenvalue weighted by atomic mass is 16.2. The first-order chi connectivity index (χ1) is 5.72. The van der Waals surface area contributed by atoms with Crippen molar-refractivity contribution >= 4 is 0 Å². The Morgan fingerprint density at radius 1 is 1.33 bits per heavy atom. The summed E-state index contributed by atoms with van der Waals surface area (Å²) in [5, 5.41) is 0. The van der Waals surface area contributed by atoms with Gasteiger partial charge in [0.05, 0.1) is 11.4 Å². The SMILES string of the molecule is NCc1cc2nc(=O)c(=O)c-2n1. The van der Waals surface area contributed by atoms with Gasteiger partial charge >= 0.3 is 5.56 Å². The number of rotatable bonds is 1. The molecule has 0 saturated heterocycles. The van der Waals surface area contributed by atoms with Crippen molar-refractivity contribution < 1.29 is 0 Å². The number of nitrogens with zero attached hydrogens (tertiary/aromatic N) is 2. The zero-order chi connectivity index (χ0) is 8.72. The Morgan fingerprint density at radius 2 is 2.08 bits per heavy atom. The third-order valence-electron chi connectivity index (χ3n) is 1.64. The Bertz CT molecular complexity index is 470. The molecule has 2 N–H and O–H groups in total. The predicted octanol–water partition coefficient (Wildman–Crippen LogP) is -1.36. The van der Waals surface area contributed by atoms with Crippen LogP contribution in [0, 0.1) is 0 Å². The Hall–Kier alpha value is -1.62. The van der Waals surface area contributed by atoms with Crippen LogP contribution in [0.1, 0.15) is 5.69 Å². The van der Waals surface area contributed by atoms with E-state index in [1.165, 1.54) is 0 Å². The summed E-state index contributed by atoms with van der Waals surface area (Å²) in [6.45, 7) is 0.254. The van der Waals surface area contributed by atoms with Gasteiger partial charge in [-0.15, -0.1) is 0 Å². The number of fused-ring (bicyclic) bond motifs is 1. The van der Waals surface area contributed by atoms with Crippen molar-refractivity contribution in [3.8, 4) is 11.4 Å². The molecule has 2 aliphatic heterocycles. The lowest BCUT2D eigenvalue weighted by Crippen LogP contribution is -2.19. The van der Waals surface area contributed by atoms with Crippen LogP contribution in [0.2, 0.25) is 0 Å². The van der Waals surface area contributed by atoms with Gasteiger partial charge in [0.15, 0.2) is 0 Å². The van der Waals surface area contributed by atoms with E-state index in [1.54, 1.807) is 6.07 Å². The lowest BCUT2D eigenvalue weighted by atomic mass is 10.3. The minimum atomic E-state index is -0.740. The second kappa shape index (κ2) is 2.18. The van der Waals surface area contributed by atoms with Gasteiger partial charge in [0.25, 0.3) is 5.43 Å². The van der Waals surface area contributed by atoms with Crippen LogP contribution in [-0.2, 0) is 6.54 Å². The van der Waals surface area contributed by atoms with Crippen LogP contribution >= 0.6 is 0 Å². The van der Waals surface area contributed by atoms with Gasteiger partial charge in [0.2, 0.25) is 0 Å². The van der Waals surface area contributed by atoms with Gasteiger partial charge in [-0.1, -0.05) is 0 Å². The average Bonchev–Trinajstić information content (AvgIpc) is 2.55. The molecule has 0 saturated carbocycles. The van der Waals surface area contributed by atoms with E-state index in [-0.39, 0.29) is 12.2 Å². The summed E-state index contributed by atoms with van der Waals surface area (Å²) in [7, 11) is 0. The topological polar surface area (TPSA) is 85.9 Å². The standard InChI is InChI=1S/C7H5N3O2/c8-2-3-1-4-5(9-3)6(11)7(12)10-4/h1H,2,8H2. The van der Waals surface area contributed by atoms with E-state index in [4.69, 9.17) is 5.73 Å². The third kappa shape index (κ3) is 0.768. The second-order valence-electron chi connectivity index (χ2n) is 2.43. The molecule has 0 fully saturated rings. The first-order valence-electron chi connectivity index (χ1n) is 3.39. The van der Waals surface area contributed by atoms with Gasteiger partial charge in [-0.05, 0) is 6.07 Å². The normalized spacial score (nSPS) is 11.1. The molecule has 0 radical (unpaired) electrons. The molecule has 2 rings (SSSR count). The fourth-order valence-electron chi connectivity index (χ4n) is 1.08. The number of aromatic nitrogens is 2. The monoisotopic (exact) mass is 163 g/mol. The van der Waals surface area contributed by atoms with Crippen LogP contribution in [0.4, 0.5) is 0 Å². The summed E-state index contributed by atoms with van der Waals surface area (Å²) < 4.78 is 0. The summed E-state index contributed by atoms with van der Waals surface area (Å²) >= 11 is 0. The van der Waals surface area contributed by atoms with Crippen molar-refractivity contribution in [3.05, 3.63) is 32.3 Å². The highest BCUT2D eigenvalue weighted by Gasteiger charge is 2.17. The van der Waals surface area contributed by atoms with Crippen molar-refractivity contribution in [1.29, 1.82) is 0 Å². The molecule has 5 heteroatoms. The minimum Gasteiger partial charge on any atom is -0.325 e. The van der Waals surface area contributed by atoms with E-state index in [0.29, 0.717) is 11.4 Å². The summed E-state index contributed by atoms with van der Waals surface area (Å²) in [5.41, 5.74) is 5.00. The second-order valence-corrected chi connectivity index (χ2v) is 2.43. The Kier molecular flexibility index (Phi) is 1.28. The van der Waals surface area contributed by atoms with Crippen molar-refractivity contribution in [2.75, 3.05) is 0 Å². The van der Waals surface area contributed by atoms with Gasteiger partial charge in [-0.3, -0.25) is 9.59 Å². The van der Waals surface area contributed by atoms with Gasteiger partial charge in [-0.2, -0.15) is 0 Å². The number of hydrogen-bond donors (Lipinski definition) is 1. The molecular formula is C7H5N3O2. The molecule has 0 atom stereocenters. The number of nitrogens with two attached hydrogens (primary N) is 1. The Morgan fingerprint density at radius 3 is 2.67 bits per heavy atom. The van der Waals surface area contributed by atoms with Gasteiger partial charge in [0.1, 0.15) is 5.69 Å². The third-order valence-corrected chi connectivity index (χ3v) is 1.64. The molecule has 0 spiro atoms. The molecule has 0 aromatic rings. The lowest BCUT2D eigenvalue weighted by molar-refractivity contribution is 1.01. The van der Waals surface area contributed by atoms with Crippen LogP contribution in [0.25, 0.3) is 11.4 Å². The van der Waals surface area contributed by atoms with Crippen LogP contribution in [0.3, 0.4) is 0 Å². The maximum Gasteiger partial charge on any atom is 0.320 e. The van der Waals surface area contributed by atoms with Crippen LogP contribution in [0.15, 0.2) is 15.7 Å². The van der Waals surface area contributed by atoms with Crippen LogP contribution < -0.4 is 16.7 Å².